The lowest BCUT2D eigenvalue weighted by Crippen LogP contribution is -2.30. The quantitative estimate of drug-likeness (QED) is 0.189. The van der Waals surface area contributed by atoms with Gasteiger partial charge >= 0.3 is 0 Å². The molecule has 1 atom stereocenters. The minimum absolute atomic E-state index is 0.182. The van der Waals surface area contributed by atoms with Gasteiger partial charge in [-0.2, -0.15) is 0 Å². The second-order valence-electron chi connectivity index (χ2n) is 12.1. The summed E-state index contributed by atoms with van der Waals surface area (Å²) in [4.78, 5) is 2.53. The van der Waals surface area contributed by atoms with Crippen molar-refractivity contribution >= 4 is 70.0 Å². The van der Waals surface area contributed by atoms with E-state index in [2.05, 4.69) is 175 Å². The van der Waals surface area contributed by atoms with Crippen molar-refractivity contribution in [2.24, 2.45) is 0 Å². The zero-order valence-electron chi connectivity index (χ0n) is 25.3. The number of thiophene rings is 1. The van der Waals surface area contributed by atoms with Crippen molar-refractivity contribution in [3.05, 3.63) is 175 Å². The molecule has 7 aromatic carbocycles. The lowest BCUT2D eigenvalue weighted by atomic mass is 9.93. The van der Waals surface area contributed by atoms with Crippen LogP contribution in [0.15, 0.2) is 170 Å². The molecule has 2 heteroatoms. The third kappa shape index (κ3) is 4.70. The monoisotopic (exact) mass is 605 g/mol. The number of allylic oxidation sites excluding steroid dienone is 2. The van der Waals surface area contributed by atoms with Gasteiger partial charge in [-0.15, -0.1) is 11.3 Å². The lowest BCUT2D eigenvalue weighted by molar-refractivity contribution is 0.788. The van der Waals surface area contributed by atoms with Gasteiger partial charge in [0.25, 0.3) is 0 Å². The lowest BCUT2D eigenvalue weighted by Gasteiger charge is -2.33. The fourth-order valence-corrected chi connectivity index (χ4v) is 8.17. The summed E-state index contributed by atoms with van der Waals surface area (Å²) >= 11 is 1.89. The van der Waals surface area contributed by atoms with E-state index in [4.69, 9.17) is 0 Å². The second-order valence-corrected chi connectivity index (χ2v) is 13.2. The number of hydrogen-bond acceptors (Lipinski definition) is 2. The SMILES string of the molecule is C1=CC(N(c2ccc3ccccc3c2)c2ccc3sc4ccc5ccccc5c4c3c2)CC=C1c1cccc(-c2ccccc2)c1. The molecular weight excluding hydrogens is 575 g/mol. The molecule has 1 aliphatic rings. The Kier molecular flexibility index (Phi) is 6.54. The van der Waals surface area contributed by atoms with E-state index in [0.717, 1.165) is 6.42 Å². The average molecular weight is 606 g/mol. The van der Waals surface area contributed by atoms with Crippen LogP contribution in [0.5, 0.6) is 0 Å². The zero-order valence-corrected chi connectivity index (χ0v) is 26.1. The van der Waals surface area contributed by atoms with E-state index in [0.29, 0.717) is 0 Å². The van der Waals surface area contributed by atoms with Gasteiger partial charge in [-0.3, -0.25) is 0 Å². The molecule has 0 saturated heterocycles. The molecule has 0 amide bonds. The molecule has 46 heavy (non-hydrogen) atoms. The van der Waals surface area contributed by atoms with Gasteiger partial charge in [0.15, 0.2) is 0 Å². The van der Waals surface area contributed by atoms with Gasteiger partial charge in [-0.25, -0.2) is 0 Å². The molecule has 1 unspecified atom stereocenters. The van der Waals surface area contributed by atoms with Crippen LogP contribution >= 0.6 is 11.3 Å². The third-order valence-corrected chi connectivity index (χ3v) is 10.5. The van der Waals surface area contributed by atoms with Crippen LogP contribution in [-0.2, 0) is 0 Å². The molecule has 218 valence electrons. The standard InChI is InChI=1S/C44H31NS/c1-2-9-30(10-3-1)34-14-8-15-35(27-34)32-17-21-37(22-18-32)45(38-23-19-31-11-4-5-13-36(31)28-38)39-24-26-42-41(29-39)44-40-16-7-6-12-33(40)20-25-43(44)46-42/h1-21,23-29,37H,22H2. The topological polar surface area (TPSA) is 3.24 Å². The van der Waals surface area contributed by atoms with Gasteiger partial charge in [-0.1, -0.05) is 127 Å². The van der Waals surface area contributed by atoms with Crippen LogP contribution in [-0.4, -0.2) is 6.04 Å². The van der Waals surface area contributed by atoms with Gasteiger partial charge in [0.05, 0.1) is 6.04 Å². The Morgan fingerprint density at radius 1 is 0.500 bits per heavy atom. The Balaban J connectivity index is 1.14. The first-order valence-electron chi connectivity index (χ1n) is 15.9. The third-order valence-electron chi connectivity index (χ3n) is 9.34. The van der Waals surface area contributed by atoms with Gasteiger partial charge < -0.3 is 4.90 Å². The highest BCUT2D eigenvalue weighted by Crippen LogP contribution is 2.42. The second kappa shape index (κ2) is 11.2. The molecule has 0 radical (unpaired) electrons. The predicted molar refractivity (Wildman–Crippen MR) is 200 cm³/mol. The van der Waals surface area contributed by atoms with E-state index in [-0.39, 0.29) is 6.04 Å². The summed E-state index contributed by atoms with van der Waals surface area (Å²) in [7, 11) is 0. The molecule has 0 saturated carbocycles. The van der Waals surface area contributed by atoms with Crippen molar-refractivity contribution in [2.75, 3.05) is 4.90 Å². The smallest absolute Gasteiger partial charge is 0.0560 e. The Labute approximate surface area is 273 Å². The van der Waals surface area contributed by atoms with Crippen molar-refractivity contribution in [1.29, 1.82) is 0 Å². The Morgan fingerprint density at radius 2 is 1.20 bits per heavy atom. The fourth-order valence-electron chi connectivity index (χ4n) is 7.07. The summed E-state index contributed by atoms with van der Waals surface area (Å²) in [6.45, 7) is 0. The van der Waals surface area contributed by atoms with Crippen molar-refractivity contribution in [3.8, 4) is 11.1 Å². The fraction of sp³-hybridized carbons (Fsp3) is 0.0455. The van der Waals surface area contributed by atoms with Crippen LogP contribution < -0.4 is 4.90 Å². The molecule has 0 spiro atoms. The van der Waals surface area contributed by atoms with Gasteiger partial charge in [-0.05, 0) is 92.7 Å². The molecule has 1 nitrogen and oxygen atoms in total. The molecule has 1 aliphatic carbocycles. The van der Waals surface area contributed by atoms with Crippen molar-refractivity contribution < 1.29 is 0 Å². The van der Waals surface area contributed by atoms with Crippen LogP contribution in [0.1, 0.15) is 12.0 Å². The number of rotatable bonds is 5. The highest BCUT2D eigenvalue weighted by atomic mass is 32.1. The first kappa shape index (κ1) is 26.9. The zero-order chi connectivity index (χ0) is 30.5. The molecule has 0 aliphatic heterocycles. The molecule has 0 N–H and O–H groups in total. The number of hydrogen-bond donors (Lipinski definition) is 0. The van der Waals surface area contributed by atoms with Crippen molar-refractivity contribution in [3.63, 3.8) is 0 Å². The summed E-state index contributed by atoms with van der Waals surface area (Å²) < 4.78 is 2.67. The maximum Gasteiger partial charge on any atom is 0.0560 e. The highest BCUT2D eigenvalue weighted by Gasteiger charge is 2.22. The minimum atomic E-state index is 0.182. The summed E-state index contributed by atoms with van der Waals surface area (Å²) in [5.74, 6) is 0. The van der Waals surface area contributed by atoms with Crippen molar-refractivity contribution in [2.45, 2.75) is 12.5 Å². The largest absolute Gasteiger partial charge is 0.334 e. The van der Waals surface area contributed by atoms with E-state index >= 15 is 0 Å². The molecule has 0 fully saturated rings. The van der Waals surface area contributed by atoms with Gasteiger partial charge in [0.1, 0.15) is 0 Å². The van der Waals surface area contributed by atoms with Crippen LogP contribution in [0.3, 0.4) is 0 Å². The number of anilines is 2. The van der Waals surface area contributed by atoms with E-state index in [1.165, 1.54) is 75.4 Å². The summed E-state index contributed by atoms with van der Waals surface area (Å²) in [5.41, 5.74) is 7.45. The number of benzene rings is 7. The number of fused-ring (bicyclic) bond motifs is 6. The molecular formula is C44H31NS. The highest BCUT2D eigenvalue weighted by molar-refractivity contribution is 7.26. The normalized spacial score (nSPS) is 14.7. The molecule has 1 heterocycles. The van der Waals surface area contributed by atoms with Gasteiger partial charge in [0.2, 0.25) is 0 Å². The molecule has 0 bridgehead atoms. The van der Waals surface area contributed by atoms with Crippen LogP contribution in [0.25, 0.3) is 58.4 Å². The first-order valence-corrected chi connectivity index (χ1v) is 16.8. The molecule has 9 rings (SSSR count). The molecule has 8 aromatic rings. The predicted octanol–water partition coefficient (Wildman–Crippen LogP) is 12.6. The minimum Gasteiger partial charge on any atom is -0.334 e. The summed E-state index contributed by atoms with van der Waals surface area (Å²) in [6.07, 6.45) is 8.04. The Morgan fingerprint density at radius 3 is 2.07 bits per heavy atom. The van der Waals surface area contributed by atoms with Crippen molar-refractivity contribution in [1.82, 2.24) is 0 Å². The maximum atomic E-state index is 2.53. The van der Waals surface area contributed by atoms with E-state index in [1.807, 2.05) is 11.3 Å². The molecule has 1 aromatic heterocycles. The van der Waals surface area contributed by atoms with Crippen LogP contribution in [0, 0.1) is 0 Å². The first-order chi connectivity index (χ1) is 22.8. The van der Waals surface area contributed by atoms with Crippen LogP contribution in [0.2, 0.25) is 0 Å². The Hall–Kier alpha value is -5.44. The van der Waals surface area contributed by atoms with E-state index < -0.39 is 0 Å². The van der Waals surface area contributed by atoms with E-state index in [1.54, 1.807) is 0 Å². The van der Waals surface area contributed by atoms with Crippen LogP contribution in [0.4, 0.5) is 11.4 Å². The maximum absolute atomic E-state index is 2.53. The van der Waals surface area contributed by atoms with E-state index in [9.17, 15) is 0 Å². The number of nitrogens with zero attached hydrogens (tertiary/aromatic N) is 1. The van der Waals surface area contributed by atoms with Gasteiger partial charge in [0, 0.05) is 31.5 Å². The summed E-state index contributed by atoms with van der Waals surface area (Å²) in [5, 5.41) is 7.81. The Bertz CT molecular complexity index is 2460. The average Bonchev–Trinajstić information content (AvgIpc) is 3.51. The summed E-state index contributed by atoms with van der Waals surface area (Å²) in [6, 6.07) is 55.6.